The highest BCUT2D eigenvalue weighted by Crippen LogP contribution is 2.25. The Bertz CT molecular complexity index is 844. The van der Waals surface area contributed by atoms with Gasteiger partial charge in [0, 0.05) is 17.6 Å². The smallest absolute Gasteiger partial charge is 0.283 e. The molecule has 0 amide bonds. The molecule has 0 aromatic carbocycles. The van der Waals surface area contributed by atoms with Crippen LogP contribution < -0.4 is 10.5 Å². The Hall–Kier alpha value is -2.07. The van der Waals surface area contributed by atoms with Gasteiger partial charge in [0.1, 0.15) is 5.76 Å². The Kier molecular flexibility index (Phi) is 2.50. The van der Waals surface area contributed by atoms with Gasteiger partial charge in [-0.15, -0.1) is 11.3 Å². The van der Waals surface area contributed by atoms with Crippen molar-refractivity contribution >= 4 is 38.0 Å². The predicted octanol–water partition coefficient (Wildman–Crippen LogP) is 1.08. The lowest BCUT2D eigenvalue weighted by atomic mass is 10.5. The molecule has 3 aromatic rings. The van der Waals surface area contributed by atoms with Crippen LogP contribution in [0.5, 0.6) is 0 Å². The van der Waals surface area contributed by atoms with Gasteiger partial charge >= 0.3 is 0 Å². The number of hydrogen-bond donors (Lipinski definition) is 2. The molecule has 3 heterocycles. The maximum Gasteiger partial charge on any atom is 0.283 e. The molecule has 0 aliphatic heterocycles. The zero-order valence-corrected chi connectivity index (χ0v) is 11.3. The highest BCUT2D eigenvalue weighted by Gasteiger charge is 2.25. The van der Waals surface area contributed by atoms with E-state index < -0.39 is 10.0 Å². The second-order valence-corrected chi connectivity index (χ2v) is 6.26. The molecular formula is C9H9N5O3S2. The number of hydrogen-bond acceptors (Lipinski definition) is 7. The fourth-order valence-electron chi connectivity index (χ4n) is 1.65. The van der Waals surface area contributed by atoms with E-state index in [1.165, 1.54) is 21.8 Å². The molecule has 0 fully saturated rings. The molecule has 0 bridgehead atoms. The van der Waals surface area contributed by atoms with E-state index >= 15 is 0 Å². The zero-order chi connectivity index (χ0) is 13.6. The summed E-state index contributed by atoms with van der Waals surface area (Å²) in [7, 11) is -3.87. The molecule has 0 radical (unpaired) electrons. The van der Waals surface area contributed by atoms with Crippen LogP contribution in [0.15, 0.2) is 27.2 Å². The van der Waals surface area contributed by atoms with Gasteiger partial charge in [-0.2, -0.15) is 8.42 Å². The number of nitrogen functional groups attached to an aromatic ring is 1. The van der Waals surface area contributed by atoms with Crippen LogP contribution in [0.25, 0.3) is 4.96 Å². The molecule has 3 N–H and O–H groups in total. The van der Waals surface area contributed by atoms with Crippen molar-refractivity contribution in [3.05, 3.63) is 23.4 Å². The SMILES string of the molecule is Cc1cc(NS(=O)(=O)c2c(N)nc3sccn23)no1. The summed E-state index contributed by atoms with van der Waals surface area (Å²) in [5.74, 6) is 0.543. The van der Waals surface area contributed by atoms with Gasteiger partial charge in [-0.25, -0.2) is 4.98 Å². The Morgan fingerprint density at radius 3 is 3.00 bits per heavy atom. The molecule has 0 aliphatic rings. The molecule has 0 spiro atoms. The third-order valence-corrected chi connectivity index (χ3v) is 4.51. The summed E-state index contributed by atoms with van der Waals surface area (Å²) in [4.78, 5) is 4.49. The molecule has 0 unspecified atom stereocenters. The van der Waals surface area contributed by atoms with E-state index in [1.807, 2.05) is 0 Å². The number of anilines is 2. The van der Waals surface area contributed by atoms with Gasteiger partial charge in [-0.1, -0.05) is 5.16 Å². The lowest BCUT2D eigenvalue weighted by Crippen LogP contribution is -2.16. The summed E-state index contributed by atoms with van der Waals surface area (Å²) in [6.07, 6.45) is 1.59. The number of nitrogens with one attached hydrogen (secondary N) is 1. The largest absolute Gasteiger partial charge is 0.381 e. The van der Waals surface area contributed by atoms with Crippen molar-refractivity contribution in [3.63, 3.8) is 0 Å². The lowest BCUT2D eigenvalue weighted by molar-refractivity contribution is 0.400. The summed E-state index contributed by atoms with van der Waals surface area (Å²) in [6.45, 7) is 1.66. The van der Waals surface area contributed by atoms with E-state index in [4.69, 9.17) is 10.3 Å². The number of imidazole rings is 1. The molecule has 100 valence electrons. The van der Waals surface area contributed by atoms with Crippen molar-refractivity contribution < 1.29 is 12.9 Å². The minimum atomic E-state index is -3.87. The molecule has 0 aliphatic carbocycles. The average molecular weight is 299 g/mol. The molecule has 0 saturated carbocycles. The van der Waals surface area contributed by atoms with Gasteiger partial charge in [0.2, 0.25) is 5.03 Å². The highest BCUT2D eigenvalue weighted by atomic mass is 32.2. The first kappa shape index (κ1) is 12.0. The minimum Gasteiger partial charge on any atom is -0.381 e. The summed E-state index contributed by atoms with van der Waals surface area (Å²) in [6, 6.07) is 1.47. The summed E-state index contributed by atoms with van der Waals surface area (Å²) in [5, 5.41) is 5.19. The van der Waals surface area contributed by atoms with Gasteiger partial charge in [0.05, 0.1) is 0 Å². The topological polar surface area (TPSA) is 116 Å². The van der Waals surface area contributed by atoms with Crippen LogP contribution in [0, 0.1) is 6.92 Å². The van der Waals surface area contributed by atoms with Crippen LogP contribution in [-0.4, -0.2) is 23.0 Å². The number of aromatic nitrogens is 3. The summed E-state index contributed by atoms with van der Waals surface area (Å²) in [5.41, 5.74) is 5.65. The number of nitrogens with two attached hydrogens (primary N) is 1. The second-order valence-electron chi connectivity index (χ2n) is 3.79. The fraction of sp³-hybridized carbons (Fsp3) is 0.111. The molecule has 0 saturated heterocycles. The van der Waals surface area contributed by atoms with Crippen molar-refractivity contribution in [2.45, 2.75) is 11.9 Å². The predicted molar refractivity (Wildman–Crippen MR) is 69.5 cm³/mol. The first-order valence-corrected chi connectivity index (χ1v) is 7.51. The van der Waals surface area contributed by atoms with Gasteiger partial charge in [-0.3, -0.25) is 9.12 Å². The van der Waals surface area contributed by atoms with E-state index in [-0.39, 0.29) is 16.7 Å². The molecule has 3 rings (SSSR count). The van der Waals surface area contributed by atoms with E-state index in [1.54, 1.807) is 18.5 Å². The second kappa shape index (κ2) is 3.96. The first-order valence-electron chi connectivity index (χ1n) is 5.14. The number of thiazole rings is 1. The number of fused-ring (bicyclic) bond motifs is 1. The molecule has 0 atom stereocenters. The van der Waals surface area contributed by atoms with Crippen LogP contribution in [0.1, 0.15) is 5.76 Å². The van der Waals surface area contributed by atoms with Crippen LogP contribution in [0.3, 0.4) is 0 Å². The minimum absolute atomic E-state index is 0.0560. The number of nitrogens with zero attached hydrogens (tertiary/aromatic N) is 3. The van der Waals surface area contributed by atoms with E-state index in [0.29, 0.717) is 10.7 Å². The molecule has 19 heavy (non-hydrogen) atoms. The van der Waals surface area contributed by atoms with Crippen LogP contribution in [0.2, 0.25) is 0 Å². The Balaban J connectivity index is 2.09. The van der Waals surface area contributed by atoms with Crippen molar-refractivity contribution in [2.24, 2.45) is 0 Å². The van der Waals surface area contributed by atoms with E-state index in [2.05, 4.69) is 14.9 Å². The van der Waals surface area contributed by atoms with Gasteiger partial charge in [0.25, 0.3) is 10.0 Å². The van der Waals surface area contributed by atoms with Crippen LogP contribution in [-0.2, 0) is 10.0 Å². The number of rotatable bonds is 3. The monoisotopic (exact) mass is 299 g/mol. The van der Waals surface area contributed by atoms with Crippen LogP contribution in [0.4, 0.5) is 11.6 Å². The molecule has 8 nitrogen and oxygen atoms in total. The lowest BCUT2D eigenvalue weighted by Gasteiger charge is -2.03. The fourth-order valence-corrected chi connectivity index (χ4v) is 3.62. The van der Waals surface area contributed by atoms with Gasteiger partial charge in [-0.05, 0) is 6.92 Å². The number of sulfonamides is 1. The van der Waals surface area contributed by atoms with Crippen molar-refractivity contribution in [1.82, 2.24) is 14.5 Å². The third kappa shape index (κ3) is 1.94. The molecule has 3 aromatic heterocycles. The Labute approximate surface area is 111 Å². The molecular weight excluding hydrogens is 290 g/mol. The average Bonchev–Trinajstić information content (AvgIpc) is 2.93. The van der Waals surface area contributed by atoms with Gasteiger partial charge in [0.15, 0.2) is 16.6 Å². The van der Waals surface area contributed by atoms with E-state index in [9.17, 15) is 8.42 Å². The van der Waals surface area contributed by atoms with Crippen molar-refractivity contribution in [1.29, 1.82) is 0 Å². The zero-order valence-electron chi connectivity index (χ0n) is 9.69. The number of aryl methyl sites for hydroxylation is 1. The quantitative estimate of drug-likeness (QED) is 0.747. The van der Waals surface area contributed by atoms with Crippen LogP contribution >= 0.6 is 11.3 Å². The Morgan fingerprint density at radius 2 is 2.32 bits per heavy atom. The van der Waals surface area contributed by atoms with Crippen molar-refractivity contribution in [3.8, 4) is 0 Å². The third-order valence-electron chi connectivity index (χ3n) is 2.36. The summed E-state index contributed by atoms with van der Waals surface area (Å²) < 4.78 is 33.1. The summed E-state index contributed by atoms with van der Waals surface area (Å²) >= 11 is 1.29. The first-order chi connectivity index (χ1) is 8.97. The maximum absolute atomic E-state index is 12.3. The van der Waals surface area contributed by atoms with Crippen molar-refractivity contribution in [2.75, 3.05) is 10.5 Å². The van der Waals surface area contributed by atoms with E-state index in [0.717, 1.165) is 0 Å². The molecule has 10 heteroatoms. The maximum atomic E-state index is 12.3. The Morgan fingerprint density at radius 1 is 1.53 bits per heavy atom. The highest BCUT2D eigenvalue weighted by molar-refractivity contribution is 7.92. The van der Waals surface area contributed by atoms with Gasteiger partial charge < -0.3 is 10.3 Å². The standard InChI is InChI=1S/C9H9N5O3S2/c1-5-4-6(12-17-5)13-19(15,16)8-7(10)11-9-14(8)2-3-18-9/h2-4H,10H2,1H3,(H,12,13). The normalized spacial score (nSPS) is 12.1.